The van der Waals surface area contributed by atoms with Crippen LogP contribution in [0.2, 0.25) is 0 Å². The average molecular weight is 430 g/mol. The van der Waals surface area contributed by atoms with E-state index in [-0.39, 0.29) is 23.4 Å². The lowest BCUT2D eigenvalue weighted by Gasteiger charge is -2.45. The highest BCUT2D eigenvalue weighted by Gasteiger charge is 2.41. The zero-order valence-electron chi connectivity index (χ0n) is 18.3. The first kappa shape index (κ1) is 23.0. The van der Waals surface area contributed by atoms with Crippen molar-refractivity contribution in [2.75, 3.05) is 7.11 Å². The van der Waals surface area contributed by atoms with Crippen LogP contribution in [0, 0.1) is 34.5 Å². The van der Waals surface area contributed by atoms with Gasteiger partial charge in [0, 0.05) is 4.88 Å². The average Bonchev–Trinajstić information content (AvgIpc) is 3.34. The molecule has 5 heteroatoms. The number of hydrogen-bond donors (Lipinski definition) is 1. The SMILES string of the molecule is CCC1(C(O)C/C=C/C2[C@@H](CCCc3ccc(C(=O)OC)s3)CC[C@H]2C#N)CCC1. The van der Waals surface area contributed by atoms with E-state index in [2.05, 4.69) is 25.1 Å². The van der Waals surface area contributed by atoms with Crippen LogP contribution in [-0.2, 0) is 11.2 Å². The minimum atomic E-state index is -0.266. The molecule has 2 aliphatic carbocycles. The van der Waals surface area contributed by atoms with Gasteiger partial charge < -0.3 is 9.84 Å². The molecule has 0 radical (unpaired) electrons. The van der Waals surface area contributed by atoms with E-state index in [0.717, 1.165) is 51.4 Å². The van der Waals surface area contributed by atoms with Crippen LogP contribution < -0.4 is 0 Å². The van der Waals surface area contributed by atoms with Gasteiger partial charge in [-0.2, -0.15) is 5.26 Å². The predicted molar refractivity (Wildman–Crippen MR) is 120 cm³/mol. The summed E-state index contributed by atoms with van der Waals surface area (Å²) in [6, 6.07) is 6.38. The number of carbonyl (C=O) groups is 1. The summed E-state index contributed by atoms with van der Waals surface area (Å²) in [5, 5.41) is 20.2. The van der Waals surface area contributed by atoms with Gasteiger partial charge in [0.05, 0.1) is 25.2 Å². The molecule has 3 rings (SSSR count). The number of nitriles is 1. The number of hydrogen-bond acceptors (Lipinski definition) is 5. The van der Waals surface area contributed by atoms with E-state index in [4.69, 9.17) is 4.74 Å². The van der Waals surface area contributed by atoms with Crippen LogP contribution >= 0.6 is 11.3 Å². The van der Waals surface area contributed by atoms with Crippen molar-refractivity contribution in [1.82, 2.24) is 0 Å². The zero-order valence-corrected chi connectivity index (χ0v) is 19.1. The Bertz CT molecular complexity index is 768. The monoisotopic (exact) mass is 429 g/mol. The maximum Gasteiger partial charge on any atom is 0.348 e. The van der Waals surface area contributed by atoms with E-state index >= 15 is 0 Å². The Balaban J connectivity index is 1.50. The molecule has 1 aromatic rings. The van der Waals surface area contributed by atoms with Gasteiger partial charge in [0.15, 0.2) is 0 Å². The predicted octanol–water partition coefficient (Wildman–Crippen LogP) is 5.91. The second kappa shape index (κ2) is 10.6. The summed E-state index contributed by atoms with van der Waals surface area (Å²) in [6.07, 6.45) is 14.6. The van der Waals surface area contributed by atoms with E-state index in [1.54, 1.807) is 0 Å². The van der Waals surface area contributed by atoms with Crippen molar-refractivity contribution in [2.45, 2.75) is 77.2 Å². The van der Waals surface area contributed by atoms with Crippen LogP contribution in [0.15, 0.2) is 24.3 Å². The molecule has 0 amide bonds. The molecule has 0 aliphatic heterocycles. The smallest absolute Gasteiger partial charge is 0.348 e. The molecule has 4 nitrogen and oxygen atoms in total. The summed E-state index contributed by atoms with van der Waals surface area (Å²) in [5.41, 5.74) is 0.137. The second-order valence-electron chi connectivity index (χ2n) is 9.05. The molecule has 1 N–H and O–H groups in total. The quantitative estimate of drug-likeness (QED) is 0.371. The van der Waals surface area contributed by atoms with Crippen molar-refractivity contribution in [3.05, 3.63) is 34.0 Å². The van der Waals surface area contributed by atoms with Gasteiger partial charge in [-0.15, -0.1) is 11.3 Å². The maximum atomic E-state index is 11.6. The summed E-state index contributed by atoms with van der Waals surface area (Å²) in [7, 11) is 1.41. The lowest BCUT2D eigenvalue weighted by atomic mass is 9.63. The molecule has 4 atom stereocenters. The molecule has 2 unspecified atom stereocenters. The first-order valence-corrected chi connectivity index (χ1v) is 12.3. The number of rotatable bonds is 10. The normalized spacial score (nSPS) is 26.3. The van der Waals surface area contributed by atoms with Crippen molar-refractivity contribution < 1.29 is 14.6 Å². The van der Waals surface area contributed by atoms with Crippen molar-refractivity contribution in [3.8, 4) is 6.07 Å². The topological polar surface area (TPSA) is 70.3 Å². The molecule has 30 heavy (non-hydrogen) atoms. The molecule has 2 fully saturated rings. The molecule has 0 spiro atoms. The standard InChI is InChI=1S/C25H35NO3S/c1-3-25(15-6-16-25)23(27)10-5-9-21-18(11-12-19(21)17-26)7-4-8-20-13-14-22(30-20)24(28)29-2/h5,9,13-14,18-19,21,23,27H,3-4,6-8,10-12,15-16H2,1-2H3/b9-5+/t18-,19-,21?,23?/m0/s1. The van der Waals surface area contributed by atoms with Crippen molar-refractivity contribution in [3.63, 3.8) is 0 Å². The van der Waals surface area contributed by atoms with Crippen LogP contribution in [0.4, 0.5) is 0 Å². The summed E-state index contributed by atoms with van der Waals surface area (Å²) in [6.45, 7) is 2.19. The van der Waals surface area contributed by atoms with Crippen LogP contribution in [0.25, 0.3) is 0 Å². The van der Waals surface area contributed by atoms with E-state index in [0.29, 0.717) is 23.1 Å². The van der Waals surface area contributed by atoms with E-state index in [1.807, 2.05) is 12.1 Å². The number of carbonyl (C=O) groups excluding carboxylic acids is 1. The summed E-state index contributed by atoms with van der Waals surface area (Å²) >= 11 is 1.51. The molecular formula is C25H35NO3S. The van der Waals surface area contributed by atoms with E-state index < -0.39 is 0 Å². The molecule has 2 aliphatic rings. The molecule has 0 aromatic carbocycles. The van der Waals surface area contributed by atoms with Crippen LogP contribution in [-0.4, -0.2) is 24.3 Å². The fourth-order valence-electron chi connectivity index (χ4n) is 5.31. The fourth-order valence-corrected chi connectivity index (χ4v) is 6.28. The number of aryl methyl sites for hydroxylation is 1. The highest BCUT2D eigenvalue weighted by Crippen LogP contribution is 2.48. The number of aliphatic hydroxyl groups excluding tert-OH is 1. The molecule has 2 saturated carbocycles. The van der Waals surface area contributed by atoms with Crippen LogP contribution in [0.5, 0.6) is 0 Å². The third kappa shape index (κ3) is 5.15. The highest BCUT2D eigenvalue weighted by atomic mass is 32.1. The Morgan fingerprint density at radius 1 is 1.43 bits per heavy atom. The van der Waals surface area contributed by atoms with Gasteiger partial charge in [0.25, 0.3) is 0 Å². The van der Waals surface area contributed by atoms with E-state index in [1.165, 1.54) is 29.7 Å². The number of thiophene rings is 1. The fraction of sp³-hybridized carbons (Fsp3) is 0.680. The molecular weight excluding hydrogens is 394 g/mol. The largest absolute Gasteiger partial charge is 0.465 e. The summed E-state index contributed by atoms with van der Waals surface area (Å²) < 4.78 is 4.78. The lowest BCUT2D eigenvalue weighted by Crippen LogP contribution is -2.40. The first-order valence-electron chi connectivity index (χ1n) is 11.4. The summed E-state index contributed by atoms with van der Waals surface area (Å²) in [4.78, 5) is 13.5. The third-order valence-electron chi connectivity index (χ3n) is 7.55. The van der Waals surface area contributed by atoms with Gasteiger partial charge in [-0.05, 0) is 87.2 Å². The van der Waals surface area contributed by atoms with Crippen LogP contribution in [0.3, 0.4) is 0 Å². The lowest BCUT2D eigenvalue weighted by molar-refractivity contribution is -0.0355. The molecule has 1 aromatic heterocycles. The molecule has 1 heterocycles. The third-order valence-corrected chi connectivity index (χ3v) is 8.67. The Labute approximate surface area is 184 Å². The zero-order chi connectivity index (χ0) is 21.6. The molecule has 0 bridgehead atoms. The van der Waals surface area contributed by atoms with Crippen LogP contribution in [0.1, 0.15) is 79.3 Å². The Morgan fingerprint density at radius 2 is 2.23 bits per heavy atom. The first-order chi connectivity index (χ1) is 14.5. The van der Waals surface area contributed by atoms with Gasteiger partial charge >= 0.3 is 5.97 Å². The Morgan fingerprint density at radius 3 is 2.87 bits per heavy atom. The van der Waals surface area contributed by atoms with E-state index in [9.17, 15) is 15.2 Å². The minimum absolute atomic E-state index is 0.0971. The number of esters is 1. The number of allylic oxidation sites excluding steroid dienone is 1. The number of methoxy groups -OCH3 is 1. The van der Waals surface area contributed by atoms with Gasteiger partial charge in [-0.3, -0.25) is 0 Å². The number of aliphatic hydroxyl groups is 1. The number of ether oxygens (including phenoxy) is 1. The Hall–Kier alpha value is -1.64. The highest BCUT2D eigenvalue weighted by molar-refractivity contribution is 7.13. The van der Waals surface area contributed by atoms with Crippen molar-refractivity contribution in [1.29, 1.82) is 5.26 Å². The van der Waals surface area contributed by atoms with Gasteiger partial charge in [-0.25, -0.2) is 4.79 Å². The van der Waals surface area contributed by atoms with Gasteiger partial charge in [0.2, 0.25) is 0 Å². The van der Waals surface area contributed by atoms with Crippen molar-refractivity contribution >= 4 is 17.3 Å². The molecule has 0 saturated heterocycles. The van der Waals surface area contributed by atoms with Gasteiger partial charge in [-0.1, -0.05) is 25.5 Å². The second-order valence-corrected chi connectivity index (χ2v) is 10.2. The number of nitrogens with zero attached hydrogens (tertiary/aromatic N) is 1. The Kier molecular flexibility index (Phi) is 8.13. The van der Waals surface area contributed by atoms with Crippen molar-refractivity contribution in [2.24, 2.45) is 23.2 Å². The maximum absolute atomic E-state index is 11.6. The van der Waals surface area contributed by atoms with Gasteiger partial charge in [0.1, 0.15) is 4.88 Å². The molecule has 164 valence electrons. The summed E-state index contributed by atoms with van der Waals surface area (Å²) in [5.74, 6) is 0.667. The minimum Gasteiger partial charge on any atom is -0.465 e.